The van der Waals surface area contributed by atoms with Gasteiger partial charge in [-0.25, -0.2) is 4.98 Å². The second-order valence-electron chi connectivity index (χ2n) is 7.86. The highest BCUT2D eigenvalue weighted by atomic mass is 35.5. The molecule has 2 aromatic carbocycles. The van der Waals surface area contributed by atoms with Gasteiger partial charge in [-0.15, -0.1) is 0 Å². The molecule has 3 heteroatoms. The van der Waals surface area contributed by atoms with E-state index in [1.807, 2.05) is 36.5 Å². The molecule has 0 amide bonds. The lowest BCUT2D eigenvalue weighted by Gasteiger charge is -2.22. The van der Waals surface area contributed by atoms with Gasteiger partial charge in [0.15, 0.2) is 0 Å². The van der Waals surface area contributed by atoms with E-state index in [-0.39, 0.29) is 0 Å². The van der Waals surface area contributed by atoms with Crippen LogP contribution >= 0.6 is 11.6 Å². The molecule has 1 saturated carbocycles. The van der Waals surface area contributed by atoms with Crippen LogP contribution in [-0.4, -0.2) is 9.97 Å². The van der Waals surface area contributed by atoms with E-state index >= 15 is 0 Å². The fourth-order valence-electron chi connectivity index (χ4n) is 4.48. The van der Waals surface area contributed by atoms with E-state index in [4.69, 9.17) is 21.6 Å². The molecule has 0 unspecified atom stereocenters. The molecule has 0 bridgehead atoms. The van der Waals surface area contributed by atoms with Crippen LogP contribution in [0.15, 0.2) is 72.9 Å². The van der Waals surface area contributed by atoms with Crippen molar-refractivity contribution in [2.75, 3.05) is 0 Å². The Morgan fingerprint density at radius 3 is 2.31 bits per heavy atom. The molecule has 29 heavy (non-hydrogen) atoms. The van der Waals surface area contributed by atoms with Crippen molar-refractivity contribution >= 4 is 22.5 Å². The number of pyridine rings is 2. The van der Waals surface area contributed by atoms with Gasteiger partial charge in [0, 0.05) is 33.7 Å². The molecule has 0 radical (unpaired) electrons. The molecular weight excluding hydrogens is 376 g/mol. The van der Waals surface area contributed by atoms with Crippen molar-refractivity contribution in [3.63, 3.8) is 0 Å². The van der Waals surface area contributed by atoms with E-state index in [9.17, 15) is 0 Å². The summed E-state index contributed by atoms with van der Waals surface area (Å²) in [5.41, 5.74) is 6.61. The number of hydrogen-bond donors (Lipinski definition) is 0. The summed E-state index contributed by atoms with van der Waals surface area (Å²) in [6, 6.07) is 22.8. The molecule has 1 aliphatic rings. The molecule has 0 saturated heterocycles. The van der Waals surface area contributed by atoms with E-state index in [1.165, 1.54) is 48.7 Å². The Bertz CT molecular complexity index is 1130. The highest BCUT2D eigenvalue weighted by Crippen LogP contribution is 2.38. The summed E-state index contributed by atoms with van der Waals surface area (Å²) in [6.07, 6.45) is 8.31. The zero-order valence-electron chi connectivity index (χ0n) is 16.3. The summed E-state index contributed by atoms with van der Waals surface area (Å²) in [7, 11) is 0. The maximum atomic E-state index is 6.13. The molecule has 4 aromatic rings. The summed E-state index contributed by atoms with van der Waals surface area (Å²) < 4.78 is 0. The van der Waals surface area contributed by atoms with Crippen molar-refractivity contribution in [2.24, 2.45) is 0 Å². The van der Waals surface area contributed by atoms with E-state index in [1.54, 1.807) is 0 Å². The van der Waals surface area contributed by atoms with Crippen LogP contribution in [0.5, 0.6) is 0 Å². The van der Waals surface area contributed by atoms with Crippen molar-refractivity contribution in [2.45, 2.75) is 38.0 Å². The summed E-state index contributed by atoms with van der Waals surface area (Å²) in [6.45, 7) is 0. The van der Waals surface area contributed by atoms with Gasteiger partial charge in [-0.3, -0.25) is 4.98 Å². The zero-order chi connectivity index (χ0) is 19.6. The van der Waals surface area contributed by atoms with E-state index in [2.05, 4.69) is 36.4 Å². The van der Waals surface area contributed by atoms with Crippen molar-refractivity contribution < 1.29 is 0 Å². The molecule has 0 spiro atoms. The van der Waals surface area contributed by atoms with Crippen molar-refractivity contribution in [3.05, 3.63) is 83.6 Å². The first-order valence-corrected chi connectivity index (χ1v) is 10.8. The van der Waals surface area contributed by atoms with Crippen LogP contribution in [0.1, 0.15) is 43.7 Å². The van der Waals surface area contributed by atoms with Crippen LogP contribution in [0.3, 0.4) is 0 Å². The minimum atomic E-state index is 0.541. The highest BCUT2D eigenvalue weighted by molar-refractivity contribution is 6.30. The number of benzene rings is 2. The van der Waals surface area contributed by atoms with Gasteiger partial charge in [0.25, 0.3) is 0 Å². The lowest BCUT2D eigenvalue weighted by atomic mass is 9.85. The lowest BCUT2D eigenvalue weighted by Crippen LogP contribution is -2.07. The van der Waals surface area contributed by atoms with Crippen molar-refractivity contribution in [1.82, 2.24) is 9.97 Å². The third kappa shape index (κ3) is 3.65. The maximum Gasteiger partial charge on any atom is 0.0788 e. The van der Waals surface area contributed by atoms with Gasteiger partial charge in [-0.05, 0) is 42.7 Å². The predicted octanol–water partition coefficient (Wildman–Crippen LogP) is 7.66. The molecular formula is C26H23ClN2. The number of aromatic nitrogens is 2. The van der Waals surface area contributed by atoms with Gasteiger partial charge in [-0.2, -0.15) is 0 Å². The van der Waals surface area contributed by atoms with E-state index in [0.717, 1.165) is 27.4 Å². The molecule has 2 heterocycles. The van der Waals surface area contributed by atoms with Gasteiger partial charge >= 0.3 is 0 Å². The molecule has 2 nitrogen and oxygen atoms in total. The van der Waals surface area contributed by atoms with Crippen molar-refractivity contribution in [1.29, 1.82) is 0 Å². The molecule has 0 N–H and O–H groups in total. The number of fused-ring (bicyclic) bond motifs is 1. The Morgan fingerprint density at radius 1 is 0.793 bits per heavy atom. The fourth-order valence-corrected chi connectivity index (χ4v) is 4.61. The maximum absolute atomic E-state index is 6.13. The predicted molar refractivity (Wildman–Crippen MR) is 121 cm³/mol. The molecule has 5 rings (SSSR count). The average Bonchev–Trinajstić information content (AvgIpc) is 2.79. The normalized spacial score (nSPS) is 14.9. The second kappa shape index (κ2) is 7.96. The SMILES string of the molecule is Clc1ccc(-c2nc3ccnc(C4CCCCC4)c3cc2-c2ccccc2)cc1. The van der Waals surface area contributed by atoms with Gasteiger partial charge < -0.3 is 0 Å². The molecule has 0 aliphatic heterocycles. The molecule has 1 fully saturated rings. The first-order valence-electron chi connectivity index (χ1n) is 10.4. The quantitative estimate of drug-likeness (QED) is 0.354. The molecule has 144 valence electrons. The van der Waals surface area contributed by atoms with Crippen LogP contribution in [-0.2, 0) is 0 Å². The van der Waals surface area contributed by atoms with Gasteiger partial charge in [0.05, 0.1) is 16.9 Å². The van der Waals surface area contributed by atoms with Gasteiger partial charge in [0.2, 0.25) is 0 Å². The Kier molecular flexibility index (Phi) is 5.03. The summed E-state index contributed by atoms with van der Waals surface area (Å²) >= 11 is 6.13. The number of halogens is 1. The Labute approximate surface area is 176 Å². The highest BCUT2D eigenvalue weighted by Gasteiger charge is 2.21. The minimum Gasteiger partial charge on any atom is -0.260 e. The third-order valence-electron chi connectivity index (χ3n) is 5.97. The smallest absolute Gasteiger partial charge is 0.0788 e. The van der Waals surface area contributed by atoms with Crippen LogP contribution in [0.25, 0.3) is 33.3 Å². The number of rotatable bonds is 3. The number of nitrogens with zero attached hydrogens (tertiary/aromatic N) is 2. The summed E-state index contributed by atoms with van der Waals surface area (Å²) in [5.74, 6) is 0.541. The van der Waals surface area contributed by atoms with Gasteiger partial charge in [-0.1, -0.05) is 73.3 Å². The molecule has 0 atom stereocenters. The molecule has 1 aliphatic carbocycles. The lowest BCUT2D eigenvalue weighted by molar-refractivity contribution is 0.439. The fraction of sp³-hybridized carbons (Fsp3) is 0.231. The van der Waals surface area contributed by atoms with Crippen LogP contribution in [0.4, 0.5) is 0 Å². The monoisotopic (exact) mass is 398 g/mol. The average molecular weight is 399 g/mol. The van der Waals surface area contributed by atoms with Crippen LogP contribution in [0.2, 0.25) is 5.02 Å². The van der Waals surface area contributed by atoms with Gasteiger partial charge in [0.1, 0.15) is 0 Å². The largest absolute Gasteiger partial charge is 0.260 e. The first kappa shape index (κ1) is 18.3. The van der Waals surface area contributed by atoms with E-state index in [0.29, 0.717) is 5.92 Å². The number of hydrogen-bond acceptors (Lipinski definition) is 2. The topological polar surface area (TPSA) is 25.8 Å². The third-order valence-corrected chi connectivity index (χ3v) is 6.22. The van der Waals surface area contributed by atoms with E-state index < -0.39 is 0 Å². The van der Waals surface area contributed by atoms with Crippen molar-refractivity contribution in [3.8, 4) is 22.4 Å². The molecule has 2 aromatic heterocycles. The van der Waals surface area contributed by atoms with Crippen LogP contribution < -0.4 is 0 Å². The zero-order valence-corrected chi connectivity index (χ0v) is 17.1. The minimum absolute atomic E-state index is 0.541. The Morgan fingerprint density at radius 2 is 1.55 bits per heavy atom. The van der Waals surface area contributed by atoms with Crippen LogP contribution in [0, 0.1) is 0 Å². The Balaban J connectivity index is 1.74. The standard InChI is InChI=1S/C26H23ClN2/c27-21-13-11-20(12-14-21)26-22(18-7-3-1-4-8-18)17-23-24(29-26)15-16-28-25(23)19-9-5-2-6-10-19/h1,3-4,7-8,11-17,19H,2,5-6,9-10H2. The second-order valence-corrected chi connectivity index (χ2v) is 8.29. The Hall–Kier alpha value is -2.71. The summed E-state index contributed by atoms with van der Waals surface area (Å²) in [4.78, 5) is 9.95. The summed E-state index contributed by atoms with van der Waals surface area (Å²) in [5, 5.41) is 1.93. The first-order chi connectivity index (χ1) is 14.3.